The second-order valence-corrected chi connectivity index (χ2v) is 14.0. The van der Waals surface area contributed by atoms with E-state index < -0.39 is 16.1 Å². The molecule has 214 valence electrons. The summed E-state index contributed by atoms with van der Waals surface area (Å²) >= 11 is 7.29. The van der Waals surface area contributed by atoms with Crippen molar-refractivity contribution in [2.45, 2.75) is 69.7 Å². The van der Waals surface area contributed by atoms with Crippen LogP contribution in [0.4, 0.5) is 5.69 Å². The molecule has 9 nitrogen and oxygen atoms in total. The topological polar surface area (TPSA) is 118 Å². The summed E-state index contributed by atoms with van der Waals surface area (Å²) in [5.41, 5.74) is 2.25. The normalized spacial score (nSPS) is 18.2. The van der Waals surface area contributed by atoms with E-state index in [1.807, 2.05) is 11.4 Å². The van der Waals surface area contributed by atoms with Gasteiger partial charge in [0, 0.05) is 38.4 Å². The molecule has 2 aliphatic heterocycles. The largest absolute Gasteiger partial charge is 0.466 e. The maximum atomic E-state index is 13.7. The number of hydrogen-bond donors (Lipinski definition) is 2. The molecular weight excluding hydrogens is 560 g/mol. The molecule has 0 spiro atoms. The minimum Gasteiger partial charge on any atom is -0.466 e. The molecule has 0 bridgehead atoms. The van der Waals surface area contributed by atoms with Crippen LogP contribution in [0.2, 0.25) is 0 Å². The number of esters is 1. The Bertz CT molecular complexity index is 1290. The Kier molecular flexibility index (Phi) is 9.57. The van der Waals surface area contributed by atoms with E-state index in [2.05, 4.69) is 28.9 Å². The van der Waals surface area contributed by atoms with E-state index in [1.54, 1.807) is 17.0 Å². The highest BCUT2D eigenvalue weighted by Gasteiger charge is 2.35. The van der Waals surface area contributed by atoms with E-state index in [-0.39, 0.29) is 34.5 Å². The summed E-state index contributed by atoms with van der Waals surface area (Å²) in [6.07, 6.45) is 3.19. The molecule has 39 heavy (non-hydrogen) atoms. The van der Waals surface area contributed by atoms with E-state index in [9.17, 15) is 18.0 Å². The molecule has 1 saturated heterocycles. The Balaban J connectivity index is 1.52. The van der Waals surface area contributed by atoms with Crippen molar-refractivity contribution in [3.05, 3.63) is 39.8 Å². The third-order valence-electron chi connectivity index (χ3n) is 7.28. The van der Waals surface area contributed by atoms with Crippen LogP contribution in [0.25, 0.3) is 0 Å². The number of halogens is 1. The lowest BCUT2D eigenvalue weighted by Crippen LogP contribution is -2.51. The molecule has 0 radical (unpaired) electrons. The lowest BCUT2D eigenvalue weighted by atomic mass is 9.82. The third-order valence-corrected chi connectivity index (χ3v) is 9.99. The smallest absolute Gasteiger partial charge is 0.302 e. The van der Waals surface area contributed by atoms with Gasteiger partial charge in [-0.1, -0.05) is 26.0 Å². The molecule has 1 amide bonds. The number of amides is 1. The number of benzene rings is 1. The molecule has 1 aromatic carbocycles. The predicted octanol–water partition coefficient (Wildman–Crippen LogP) is 3.96. The van der Waals surface area contributed by atoms with Crippen LogP contribution in [0.1, 0.15) is 56.3 Å². The fourth-order valence-electron chi connectivity index (χ4n) is 5.19. The van der Waals surface area contributed by atoms with Gasteiger partial charge in [0.05, 0.1) is 28.9 Å². The highest BCUT2D eigenvalue weighted by Crippen LogP contribution is 2.36. The first kappa shape index (κ1) is 29.8. The molecule has 0 unspecified atom stereocenters. The first-order valence-corrected chi connectivity index (χ1v) is 16.2. The number of likely N-dealkylation sites (tertiary alicyclic amines) is 1. The summed E-state index contributed by atoms with van der Waals surface area (Å²) < 4.78 is 35.3. The van der Waals surface area contributed by atoms with Crippen molar-refractivity contribution in [2.24, 2.45) is 11.3 Å². The Morgan fingerprint density at radius 1 is 1.31 bits per heavy atom. The van der Waals surface area contributed by atoms with Gasteiger partial charge in [0.2, 0.25) is 15.9 Å². The van der Waals surface area contributed by atoms with Gasteiger partial charge in [-0.2, -0.15) is 4.72 Å². The molecular formula is C27H37ClN4O5S2. The van der Waals surface area contributed by atoms with Gasteiger partial charge < -0.3 is 15.0 Å². The quantitative estimate of drug-likeness (QED) is 0.315. The number of anilines is 1. The molecule has 12 heteroatoms. The lowest BCUT2D eigenvalue weighted by molar-refractivity contribution is -0.141. The van der Waals surface area contributed by atoms with E-state index in [0.29, 0.717) is 48.5 Å². The van der Waals surface area contributed by atoms with Gasteiger partial charge in [-0.05, 0) is 48.6 Å². The van der Waals surface area contributed by atoms with Crippen molar-refractivity contribution in [3.8, 4) is 0 Å². The summed E-state index contributed by atoms with van der Waals surface area (Å²) in [7, 11) is -4.03. The Labute approximate surface area is 239 Å². The van der Waals surface area contributed by atoms with Crippen LogP contribution in [0.5, 0.6) is 0 Å². The van der Waals surface area contributed by atoms with Crippen LogP contribution in [0, 0.1) is 11.3 Å². The van der Waals surface area contributed by atoms with Crippen molar-refractivity contribution in [1.29, 1.82) is 0 Å². The van der Waals surface area contributed by atoms with Crippen LogP contribution in [-0.2, 0) is 43.1 Å². The number of fused-ring (bicyclic) bond motifs is 1. The summed E-state index contributed by atoms with van der Waals surface area (Å²) in [4.78, 5) is 31.1. The Hall–Kier alpha value is -2.21. The zero-order valence-electron chi connectivity index (χ0n) is 22.7. The van der Waals surface area contributed by atoms with Crippen molar-refractivity contribution < 1.29 is 22.7 Å². The van der Waals surface area contributed by atoms with Crippen LogP contribution in [0.15, 0.2) is 28.5 Å². The van der Waals surface area contributed by atoms with Gasteiger partial charge in [0.25, 0.3) is 0 Å². The highest BCUT2D eigenvalue weighted by molar-refractivity contribution is 7.89. The molecule has 2 N–H and O–H groups in total. The summed E-state index contributed by atoms with van der Waals surface area (Å²) in [6.45, 7) is 7.73. The van der Waals surface area contributed by atoms with Crippen molar-refractivity contribution in [3.63, 3.8) is 0 Å². The standard InChI is InChI=1S/C27H37ClN4O5S2/c1-18(33)37-12-9-19-7-10-32(11-8-19)26(34)22(13-24-30-21(15-28)16-38-24)31-39(35,36)23-6-4-5-20-14-27(2,3)17-29-25(20)23/h4-6,16,19,22,29,31H,7-15,17H2,1-3H3/t22-/m0/s1. The SMILES string of the molecule is CC(=O)OCCC1CCN(C(=O)[C@H](Cc2nc(CCl)cs2)NS(=O)(=O)c2cccc3c2NCC(C)(C)C3)CC1. The first-order valence-electron chi connectivity index (χ1n) is 13.3. The molecule has 1 atom stereocenters. The fourth-order valence-corrected chi connectivity index (χ4v) is 7.68. The van der Waals surface area contributed by atoms with Crippen LogP contribution >= 0.6 is 22.9 Å². The summed E-state index contributed by atoms with van der Waals surface area (Å²) in [5.74, 6) is 0.0363. The Morgan fingerprint density at radius 2 is 2.05 bits per heavy atom. The number of hydrogen-bond acceptors (Lipinski definition) is 8. The average molecular weight is 597 g/mol. The minimum absolute atomic E-state index is 0.0105. The number of ether oxygens (including phenoxy) is 1. The van der Waals surface area contributed by atoms with E-state index >= 15 is 0 Å². The number of piperidine rings is 1. The lowest BCUT2D eigenvalue weighted by Gasteiger charge is -2.35. The zero-order valence-corrected chi connectivity index (χ0v) is 25.1. The molecule has 2 aliphatic rings. The molecule has 4 rings (SSSR count). The van der Waals surface area contributed by atoms with E-state index in [0.717, 1.165) is 31.2 Å². The molecule has 1 fully saturated rings. The number of carbonyl (C=O) groups excluding carboxylic acids is 2. The van der Waals surface area contributed by atoms with E-state index in [4.69, 9.17) is 16.3 Å². The first-order chi connectivity index (χ1) is 18.5. The number of carbonyl (C=O) groups is 2. The van der Waals surface area contributed by atoms with Gasteiger partial charge >= 0.3 is 5.97 Å². The third kappa shape index (κ3) is 7.71. The summed E-state index contributed by atoms with van der Waals surface area (Å²) in [5, 5.41) is 5.79. The number of rotatable bonds is 10. The number of sulfonamides is 1. The van der Waals surface area contributed by atoms with Gasteiger partial charge in [-0.25, -0.2) is 13.4 Å². The maximum absolute atomic E-state index is 13.7. The monoisotopic (exact) mass is 596 g/mol. The predicted molar refractivity (Wildman–Crippen MR) is 152 cm³/mol. The number of aromatic nitrogens is 1. The van der Waals surface area contributed by atoms with Crippen LogP contribution < -0.4 is 10.0 Å². The van der Waals surface area contributed by atoms with Crippen LogP contribution in [0.3, 0.4) is 0 Å². The molecule has 0 saturated carbocycles. The van der Waals surface area contributed by atoms with Gasteiger partial charge in [-0.15, -0.1) is 22.9 Å². The fraction of sp³-hybridized carbons (Fsp3) is 0.593. The van der Waals surface area contributed by atoms with Gasteiger partial charge in [0.1, 0.15) is 10.9 Å². The second kappa shape index (κ2) is 12.5. The molecule has 0 aliphatic carbocycles. The zero-order chi connectivity index (χ0) is 28.2. The van der Waals surface area contributed by atoms with E-state index in [1.165, 1.54) is 18.3 Å². The van der Waals surface area contributed by atoms with Gasteiger partial charge in [-0.3, -0.25) is 9.59 Å². The number of alkyl halides is 1. The molecule has 2 aromatic rings. The molecule has 3 heterocycles. The average Bonchev–Trinajstić information content (AvgIpc) is 3.34. The number of thiazole rings is 1. The number of nitrogens with one attached hydrogen (secondary N) is 2. The van der Waals surface area contributed by atoms with Crippen molar-refractivity contribution >= 4 is 50.5 Å². The Morgan fingerprint density at radius 3 is 2.72 bits per heavy atom. The molecule has 1 aromatic heterocycles. The number of nitrogens with zero attached hydrogens (tertiary/aromatic N) is 2. The number of para-hydroxylation sites is 1. The second-order valence-electron chi connectivity index (χ2n) is 11.1. The van der Waals surface area contributed by atoms with Crippen LogP contribution in [-0.4, -0.2) is 62.5 Å². The van der Waals surface area contributed by atoms with Crippen molar-refractivity contribution in [2.75, 3.05) is 31.6 Å². The maximum Gasteiger partial charge on any atom is 0.302 e. The highest BCUT2D eigenvalue weighted by atomic mass is 35.5. The van der Waals surface area contributed by atoms with Crippen molar-refractivity contribution in [1.82, 2.24) is 14.6 Å². The summed E-state index contributed by atoms with van der Waals surface area (Å²) in [6, 6.07) is 4.27. The minimum atomic E-state index is -4.03. The van der Waals surface area contributed by atoms with Gasteiger partial charge in [0.15, 0.2) is 0 Å².